The van der Waals surface area contributed by atoms with E-state index in [4.69, 9.17) is 0 Å². The monoisotopic (exact) mass is 493 g/mol. The molecule has 0 saturated heterocycles. The third kappa shape index (κ3) is 6.88. The van der Waals surface area contributed by atoms with Crippen LogP contribution in [0.5, 0.6) is 0 Å². The van der Waals surface area contributed by atoms with Crippen LogP contribution in [0.2, 0.25) is 0 Å². The highest BCUT2D eigenvalue weighted by atomic mass is 127. The number of nitrogens with one attached hydrogen (secondary N) is 2. The fourth-order valence-corrected chi connectivity index (χ4v) is 2.79. The van der Waals surface area contributed by atoms with Crippen molar-refractivity contribution in [3.05, 3.63) is 57.8 Å². The number of rotatable bonds is 3. The van der Waals surface area contributed by atoms with Crippen LogP contribution in [0.3, 0.4) is 0 Å². The van der Waals surface area contributed by atoms with E-state index in [1.165, 1.54) is 10.9 Å². The summed E-state index contributed by atoms with van der Waals surface area (Å²) in [4.78, 5) is 5.29. The Balaban J connectivity index is 0.00000338. The summed E-state index contributed by atoms with van der Waals surface area (Å²) in [5.74, 6) is 6.11. The van der Waals surface area contributed by atoms with Gasteiger partial charge in [-0.3, -0.25) is 4.99 Å². The zero-order chi connectivity index (χ0) is 18.3. The van der Waals surface area contributed by atoms with Crippen molar-refractivity contribution in [1.82, 2.24) is 10.6 Å². The zero-order valence-electron chi connectivity index (χ0n) is 14.2. The topological polar surface area (TPSA) is 36.4 Å². The molecule has 0 aliphatic carbocycles. The fraction of sp³-hybridized carbons (Fsp3) is 0.278. The Hall–Kier alpha value is -1.73. The molecule has 1 aromatic heterocycles. The third-order valence-corrected chi connectivity index (χ3v) is 4.37. The lowest BCUT2D eigenvalue weighted by atomic mass is 10.1. The van der Waals surface area contributed by atoms with Gasteiger partial charge < -0.3 is 10.6 Å². The summed E-state index contributed by atoms with van der Waals surface area (Å²) in [7, 11) is 1.65. The molecule has 3 nitrogen and oxygen atoms in total. The van der Waals surface area contributed by atoms with Crippen molar-refractivity contribution >= 4 is 41.3 Å². The summed E-state index contributed by atoms with van der Waals surface area (Å²) < 4.78 is 38.0. The Labute approximate surface area is 172 Å². The predicted octanol–water partition coefficient (Wildman–Crippen LogP) is 4.66. The molecule has 1 aromatic carbocycles. The first kappa shape index (κ1) is 22.3. The van der Waals surface area contributed by atoms with Crippen molar-refractivity contribution in [1.29, 1.82) is 0 Å². The molecule has 0 aliphatic heterocycles. The number of aliphatic imine (C=N–C) groups is 1. The predicted molar refractivity (Wildman–Crippen MR) is 111 cm³/mol. The van der Waals surface area contributed by atoms with Gasteiger partial charge in [-0.25, -0.2) is 0 Å². The Morgan fingerprint density at radius 1 is 1.27 bits per heavy atom. The minimum Gasteiger partial charge on any atom is -0.349 e. The minimum absolute atomic E-state index is 0. The van der Waals surface area contributed by atoms with Crippen LogP contribution in [-0.4, -0.2) is 19.6 Å². The maximum Gasteiger partial charge on any atom is 0.416 e. The van der Waals surface area contributed by atoms with Crippen LogP contribution < -0.4 is 10.6 Å². The quantitative estimate of drug-likeness (QED) is 0.283. The highest BCUT2D eigenvalue weighted by molar-refractivity contribution is 14.0. The number of halogens is 4. The minimum atomic E-state index is -4.36. The molecule has 0 bridgehead atoms. The molecule has 8 heteroatoms. The lowest BCUT2D eigenvalue weighted by molar-refractivity contribution is -0.137. The highest BCUT2D eigenvalue weighted by Crippen LogP contribution is 2.29. The van der Waals surface area contributed by atoms with Crippen LogP contribution >= 0.6 is 35.3 Å². The molecule has 0 fully saturated rings. The van der Waals surface area contributed by atoms with E-state index in [9.17, 15) is 13.2 Å². The molecule has 1 heterocycles. The first-order valence-corrected chi connectivity index (χ1v) is 8.45. The lowest BCUT2D eigenvalue weighted by Gasteiger charge is -2.15. The molecule has 0 aliphatic rings. The van der Waals surface area contributed by atoms with E-state index < -0.39 is 11.7 Å². The summed E-state index contributed by atoms with van der Waals surface area (Å²) in [5.41, 5.74) is -0.374. The van der Waals surface area contributed by atoms with E-state index in [2.05, 4.69) is 27.5 Å². The SMILES string of the molecule is CN=C(NCC#Cc1cccc(C(F)(F)F)c1)NC(C)c1cccs1.I. The van der Waals surface area contributed by atoms with Crippen LogP contribution in [0, 0.1) is 11.8 Å². The van der Waals surface area contributed by atoms with Gasteiger partial charge in [-0.15, -0.1) is 35.3 Å². The van der Waals surface area contributed by atoms with Gasteiger partial charge in [0.25, 0.3) is 0 Å². The third-order valence-electron chi connectivity index (χ3n) is 3.31. The summed E-state index contributed by atoms with van der Waals surface area (Å²) in [6.45, 7) is 2.29. The molecule has 2 N–H and O–H groups in total. The van der Waals surface area contributed by atoms with Gasteiger partial charge in [0.2, 0.25) is 0 Å². The zero-order valence-corrected chi connectivity index (χ0v) is 17.4. The van der Waals surface area contributed by atoms with Crippen molar-refractivity contribution in [3.8, 4) is 11.8 Å². The summed E-state index contributed by atoms with van der Waals surface area (Å²) >= 11 is 1.65. The van der Waals surface area contributed by atoms with E-state index in [-0.39, 0.29) is 36.6 Å². The number of alkyl halides is 3. The second-order valence-corrected chi connectivity index (χ2v) is 6.17. The average molecular weight is 493 g/mol. The van der Waals surface area contributed by atoms with Crippen LogP contribution in [0.25, 0.3) is 0 Å². The summed E-state index contributed by atoms with van der Waals surface area (Å²) in [6.07, 6.45) is -4.36. The van der Waals surface area contributed by atoms with Gasteiger partial charge >= 0.3 is 6.18 Å². The van der Waals surface area contributed by atoms with Crippen molar-refractivity contribution < 1.29 is 13.2 Å². The standard InChI is InChI=1S/C18H18F3N3S.HI/c1-13(16-9-5-11-25-16)24-17(22-2)23-10-4-7-14-6-3-8-15(12-14)18(19,20)21;/h3,5-6,8-9,11-13H,10H2,1-2H3,(H2,22,23,24);1H. The molecular weight excluding hydrogens is 474 g/mol. The van der Waals surface area contributed by atoms with Crippen molar-refractivity contribution in [3.63, 3.8) is 0 Å². The van der Waals surface area contributed by atoms with E-state index >= 15 is 0 Å². The van der Waals surface area contributed by atoms with Gasteiger partial charge in [0.15, 0.2) is 5.96 Å². The van der Waals surface area contributed by atoms with Gasteiger partial charge in [-0.2, -0.15) is 13.2 Å². The Kier molecular flexibility index (Phi) is 8.95. The fourth-order valence-electron chi connectivity index (χ4n) is 2.06. The number of nitrogens with zero attached hydrogens (tertiary/aromatic N) is 1. The van der Waals surface area contributed by atoms with E-state index in [0.717, 1.165) is 12.1 Å². The van der Waals surface area contributed by atoms with Crippen molar-refractivity contribution in [2.45, 2.75) is 19.1 Å². The first-order chi connectivity index (χ1) is 11.9. The van der Waals surface area contributed by atoms with Crippen LogP contribution in [0.1, 0.15) is 29.0 Å². The maximum atomic E-state index is 12.7. The molecule has 1 atom stereocenters. The molecule has 2 rings (SSSR count). The molecule has 0 spiro atoms. The van der Waals surface area contributed by atoms with E-state index in [1.807, 2.05) is 24.4 Å². The van der Waals surface area contributed by atoms with Gasteiger partial charge in [-0.1, -0.05) is 24.0 Å². The number of hydrogen-bond acceptors (Lipinski definition) is 2. The van der Waals surface area contributed by atoms with Gasteiger partial charge in [-0.05, 0) is 36.6 Å². The maximum absolute atomic E-state index is 12.7. The first-order valence-electron chi connectivity index (χ1n) is 7.57. The molecule has 0 amide bonds. The molecule has 0 saturated carbocycles. The van der Waals surface area contributed by atoms with Crippen LogP contribution in [0.4, 0.5) is 13.2 Å². The summed E-state index contributed by atoms with van der Waals surface area (Å²) in [6, 6.07) is 9.08. The molecular formula is C18H19F3IN3S. The molecule has 1 unspecified atom stereocenters. The van der Waals surface area contributed by atoms with E-state index in [1.54, 1.807) is 24.5 Å². The lowest BCUT2D eigenvalue weighted by Crippen LogP contribution is -2.38. The van der Waals surface area contributed by atoms with Gasteiger partial charge in [0.05, 0.1) is 18.2 Å². The van der Waals surface area contributed by atoms with Crippen LogP contribution in [-0.2, 0) is 6.18 Å². The molecule has 140 valence electrons. The van der Waals surface area contributed by atoms with Crippen molar-refractivity contribution in [2.75, 3.05) is 13.6 Å². The van der Waals surface area contributed by atoms with Crippen LogP contribution in [0.15, 0.2) is 46.8 Å². The highest BCUT2D eigenvalue weighted by Gasteiger charge is 2.30. The number of benzene rings is 1. The van der Waals surface area contributed by atoms with Gasteiger partial charge in [0.1, 0.15) is 0 Å². The number of guanidine groups is 1. The second kappa shape index (κ2) is 10.4. The van der Waals surface area contributed by atoms with Crippen molar-refractivity contribution in [2.24, 2.45) is 4.99 Å². The Morgan fingerprint density at radius 3 is 2.65 bits per heavy atom. The number of thiophene rings is 1. The van der Waals surface area contributed by atoms with E-state index in [0.29, 0.717) is 11.5 Å². The smallest absolute Gasteiger partial charge is 0.349 e. The molecule has 2 aromatic rings. The normalized spacial score (nSPS) is 12.4. The molecule has 0 radical (unpaired) electrons. The van der Waals surface area contributed by atoms with Gasteiger partial charge in [0, 0.05) is 17.5 Å². The Bertz CT molecular complexity index is 777. The average Bonchev–Trinajstić information content (AvgIpc) is 3.11. The summed E-state index contributed by atoms with van der Waals surface area (Å²) in [5, 5.41) is 8.26. The Morgan fingerprint density at radius 2 is 2.04 bits per heavy atom. The number of hydrogen-bond donors (Lipinski definition) is 2. The second-order valence-electron chi connectivity index (χ2n) is 5.19. The molecule has 26 heavy (non-hydrogen) atoms. The largest absolute Gasteiger partial charge is 0.416 e.